The van der Waals surface area contributed by atoms with Crippen LogP contribution in [0.25, 0.3) is 11.4 Å². The molecule has 0 aliphatic carbocycles. The van der Waals surface area contributed by atoms with Crippen LogP contribution in [0.1, 0.15) is 32.0 Å². The normalized spacial score (nSPS) is 11.3. The van der Waals surface area contributed by atoms with Gasteiger partial charge in [-0.2, -0.15) is 5.26 Å². The molecule has 0 atom stereocenters. The van der Waals surface area contributed by atoms with Crippen molar-refractivity contribution >= 4 is 0 Å². The Morgan fingerprint density at radius 1 is 1.21 bits per heavy atom. The van der Waals surface area contributed by atoms with Crippen LogP contribution in [0.5, 0.6) is 0 Å². The van der Waals surface area contributed by atoms with Crippen LogP contribution in [0.2, 0.25) is 0 Å². The van der Waals surface area contributed by atoms with Crippen LogP contribution in [-0.2, 0) is 18.9 Å². The Morgan fingerprint density at radius 2 is 1.84 bits per heavy atom. The molecule has 1 aromatic heterocycles. The molecule has 0 fully saturated rings. The smallest absolute Gasteiger partial charge is 0.140 e. The lowest BCUT2D eigenvalue weighted by molar-refractivity contribution is 0.590. The van der Waals surface area contributed by atoms with Crippen LogP contribution in [-0.4, -0.2) is 9.55 Å². The first kappa shape index (κ1) is 13.4. The highest BCUT2D eigenvalue weighted by Gasteiger charge is 2.14. The lowest BCUT2D eigenvalue weighted by atomic mass is 9.87. The minimum atomic E-state index is 0.159. The van der Waals surface area contributed by atoms with E-state index in [1.807, 2.05) is 17.8 Å². The molecule has 1 heterocycles. The van der Waals surface area contributed by atoms with E-state index in [1.54, 1.807) is 0 Å². The topological polar surface area (TPSA) is 41.6 Å². The summed E-state index contributed by atoms with van der Waals surface area (Å²) in [6, 6.07) is 10.6. The van der Waals surface area contributed by atoms with Gasteiger partial charge >= 0.3 is 0 Å². The Labute approximate surface area is 114 Å². The highest BCUT2D eigenvalue weighted by Crippen LogP contribution is 2.25. The first-order chi connectivity index (χ1) is 8.91. The maximum absolute atomic E-state index is 8.72. The van der Waals surface area contributed by atoms with Gasteiger partial charge in [-0.15, -0.1) is 0 Å². The quantitative estimate of drug-likeness (QED) is 0.822. The molecule has 19 heavy (non-hydrogen) atoms. The Bertz CT molecular complexity index is 607. The van der Waals surface area contributed by atoms with E-state index in [0.717, 1.165) is 17.1 Å². The van der Waals surface area contributed by atoms with E-state index in [-0.39, 0.29) is 5.41 Å². The number of rotatable bonds is 2. The van der Waals surface area contributed by atoms with Crippen LogP contribution in [0.3, 0.4) is 0 Å². The monoisotopic (exact) mass is 253 g/mol. The summed E-state index contributed by atoms with van der Waals surface area (Å²) in [4.78, 5) is 4.50. The molecule has 3 heteroatoms. The van der Waals surface area contributed by atoms with Crippen molar-refractivity contribution in [3.63, 3.8) is 0 Å². The largest absolute Gasteiger partial charge is 0.334 e. The van der Waals surface area contributed by atoms with Gasteiger partial charge in [0.2, 0.25) is 0 Å². The van der Waals surface area contributed by atoms with E-state index in [2.05, 4.69) is 56.1 Å². The highest BCUT2D eigenvalue weighted by molar-refractivity contribution is 5.57. The zero-order valence-corrected chi connectivity index (χ0v) is 11.9. The number of hydrogen-bond acceptors (Lipinski definition) is 2. The molecule has 0 bridgehead atoms. The summed E-state index contributed by atoms with van der Waals surface area (Å²) >= 11 is 0. The second kappa shape index (κ2) is 4.89. The minimum Gasteiger partial charge on any atom is -0.334 e. The molecular weight excluding hydrogens is 234 g/mol. The molecule has 0 aliphatic heterocycles. The second-order valence-corrected chi connectivity index (χ2v) is 5.83. The van der Waals surface area contributed by atoms with Crippen molar-refractivity contribution in [3.8, 4) is 17.5 Å². The fraction of sp³-hybridized carbons (Fsp3) is 0.375. The number of imidazole rings is 1. The fourth-order valence-corrected chi connectivity index (χ4v) is 2.08. The third-order valence-electron chi connectivity index (χ3n) is 3.20. The fourth-order valence-electron chi connectivity index (χ4n) is 2.08. The van der Waals surface area contributed by atoms with Crippen LogP contribution in [0, 0.1) is 11.3 Å². The number of hydrogen-bond donors (Lipinski definition) is 0. The van der Waals surface area contributed by atoms with E-state index >= 15 is 0 Å². The second-order valence-electron chi connectivity index (χ2n) is 5.83. The number of nitrogens with zero attached hydrogens (tertiary/aromatic N) is 3. The molecule has 0 saturated heterocycles. The van der Waals surface area contributed by atoms with Gasteiger partial charge in [0.15, 0.2) is 0 Å². The highest BCUT2D eigenvalue weighted by atomic mass is 15.0. The minimum absolute atomic E-state index is 0.159. The average Bonchev–Trinajstić information content (AvgIpc) is 2.70. The standard InChI is InChI=1S/C16H19N3/c1-16(2,3)13-7-5-12(6-8-13)15-18-14(9-10-17)11-19(15)4/h5-8,11H,9H2,1-4H3. The van der Waals surface area contributed by atoms with Gasteiger partial charge in [0, 0.05) is 18.8 Å². The van der Waals surface area contributed by atoms with Gasteiger partial charge in [-0.25, -0.2) is 4.98 Å². The van der Waals surface area contributed by atoms with Gasteiger partial charge in [-0.3, -0.25) is 0 Å². The Hall–Kier alpha value is -2.08. The summed E-state index contributed by atoms with van der Waals surface area (Å²) in [5.74, 6) is 0.908. The predicted molar refractivity (Wildman–Crippen MR) is 76.7 cm³/mol. The molecule has 0 aliphatic rings. The molecule has 0 radical (unpaired) electrons. The molecule has 2 rings (SSSR count). The zero-order chi connectivity index (χ0) is 14.0. The predicted octanol–water partition coefficient (Wildman–Crippen LogP) is 3.45. The Balaban J connectivity index is 2.35. The van der Waals surface area contributed by atoms with Crippen molar-refractivity contribution in [1.82, 2.24) is 9.55 Å². The third kappa shape index (κ3) is 2.85. The van der Waals surface area contributed by atoms with E-state index in [9.17, 15) is 0 Å². The third-order valence-corrected chi connectivity index (χ3v) is 3.20. The summed E-state index contributed by atoms with van der Waals surface area (Å²) in [6.07, 6.45) is 2.27. The number of aromatic nitrogens is 2. The van der Waals surface area contributed by atoms with Crippen LogP contribution >= 0.6 is 0 Å². The lowest BCUT2D eigenvalue weighted by Crippen LogP contribution is -2.10. The Kier molecular flexibility index (Phi) is 3.44. The van der Waals surface area contributed by atoms with Gasteiger partial charge in [0.25, 0.3) is 0 Å². The number of aryl methyl sites for hydroxylation is 1. The molecule has 2 aromatic rings. The molecule has 0 saturated carbocycles. The summed E-state index contributed by atoms with van der Waals surface area (Å²) in [6.45, 7) is 6.61. The zero-order valence-electron chi connectivity index (χ0n) is 11.9. The van der Waals surface area contributed by atoms with E-state index < -0.39 is 0 Å². The van der Waals surface area contributed by atoms with Gasteiger partial charge < -0.3 is 4.57 Å². The molecule has 98 valence electrons. The van der Waals surface area contributed by atoms with Crippen LogP contribution in [0.4, 0.5) is 0 Å². The van der Waals surface area contributed by atoms with Crippen molar-refractivity contribution in [2.24, 2.45) is 7.05 Å². The van der Waals surface area contributed by atoms with Crippen molar-refractivity contribution in [2.75, 3.05) is 0 Å². The molecule has 0 spiro atoms. The first-order valence-electron chi connectivity index (χ1n) is 6.42. The Morgan fingerprint density at radius 3 is 2.37 bits per heavy atom. The average molecular weight is 253 g/mol. The van der Waals surface area contributed by atoms with Gasteiger partial charge in [-0.1, -0.05) is 45.0 Å². The van der Waals surface area contributed by atoms with Crippen LogP contribution < -0.4 is 0 Å². The summed E-state index contributed by atoms with van der Waals surface area (Å²) in [7, 11) is 1.96. The number of nitriles is 1. The van der Waals surface area contributed by atoms with Gasteiger partial charge in [0.05, 0.1) is 18.2 Å². The summed E-state index contributed by atoms with van der Waals surface area (Å²) in [5, 5.41) is 8.72. The number of benzene rings is 1. The molecule has 0 amide bonds. The molecule has 0 N–H and O–H groups in total. The lowest BCUT2D eigenvalue weighted by Gasteiger charge is -2.19. The van der Waals surface area contributed by atoms with Crippen LogP contribution in [0.15, 0.2) is 30.5 Å². The van der Waals surface area contributed by atoms with Crippen molar-refractivity contribution < 1.29 is 0 Å². The van der Waals surface area contributed by atoms with E-state index in [1.165, 1.54) is 5.56 Å². The molecular formula is C16H19N3. The summed E-state index contributed by atoms with van der Waals surface area (Å²) < 4.78 is 1.97. The van der Waals surface area contributed by atoms with E-state index in [4.69, 9.17) is 5.26 Å². The van der Waals surface area contributed by atoms with Gasteiger partial charge in [0.1, 0.15) is 5.82 Å². The maximum Gasteiger partial charge on any atom is 0.140 e. The molecule has 1 aromatic carbocycles. The van der Waals surface area contributed by atoms with Crippen molar-refractivity contribution in [2.45, 2.75) is 32.6 Å². The SMILES string of the molecule is Cn1cc(CC#N)nc1-c1ccc(C(C)(C)C)cc1. The van der Waals surface area contributed by atoms with Crippen molar-refractivity contribution in [3.05, 3.63) is 41.7 Å². The van der Waals surface area contributed by atoms with Crippen molar-refractivity contribution in [1.29, 1.82) is 5.26 Å². The first-order valence-corrected chi connectivity index (χ1v) is 6.42. The maximum atomic E-state index is 8.72. The van der Waals surface area contributed by atoms with E-state index in [0.29, 0.717) is 6.42 Å². The van der Waals surface area contributed by atoms with Gasteiger partial charge in [-0.05, 0) is 11.0 Å². The molecule has 3 nitrogen and oxygen atoms in total. The molecule has 0 unspecified atom stereocenters. The summed E-state index contributed by atoms with van der Waals surface area (Å²) in [5.41, 5.74) is 3.37.